The highest BCUT2D eigenvalue weighted by Crippen LogP contribution is 2.40. The van der Waals surface area contributed by atoms with Gasteiger partial charge in [-0.2, -0.15) is 0 Å². The van der Waals surface area contributed by atoms with E-state index in [1.807, 2.05) is 0 Å². The Morgan fingerprint density at radius 3 is 2.84 bits per heavy atom. The molecule has 2 aliphatic rings. The number of aromatic nitrogens is 1. The maximum atomic E-state index is 13.4. The van der Waals surface area contributed by atoms with Crippen LogP contribution in [0.1, 0.15) is 38.5 Å². The van der Waals surface area contributed by atoms with E-state index in [2.05, 4.69) is 9.71 Å². The monoisotopic (exact) mass is 364 g/mol. The molecule has 1 aliphatic carbocycles. The Kier molecular flexibility index (Phi) is 4.25. The summed E-state index contributed by atoms with van der Waals surface area (Å²) in [5.41, 5.74) is 0.409. The van der Waals surface area contributed by atoms with E-state index in [9.17, 15) is 12.8 Å². The number of ether oxygens (including phenoxy) is 1. The number of hydrogen-bond acceptors (Lipinski definition) is 4. The van der Waals surface area contributed by atoms with E-state index in [1.54, 1.807) is 0 Å². The highest BCUT2D eigenvalue weighted by atomic mass is 32.2. The van der Waals surface area contributed by atoms with Crippen molar-refractivity contribution < 1.29 is 17.5 Å². The second kappa shape index (κ2) is 6.30. The van der Waals surface area contributed by atoms with E-state index in [0.717, 1.165) is 25.7 Å². The zero-order valence-corrected chi connectivity index (χ0v) is 14.7. The normalized spacial score (nSPS) is 23.3. The topological polar surface area (TPSA) is 68.3 Å². The minimum absolute atomic E-state index is 0.0672. The minimum atomic E-state index is -3.70. The average Bonchev–Trinajstić information content (AvgIpc) is 3.01. The molecule has 25 heavy (non-hydrogen) atoms. The molecule has 1 unspecified atom stereocenters. The first-order chi connectivity index (χ1) is 12.0. The lowest BCUT2D eigenvalue weighted by Crippen LogP contribution is -2.47. The zero-order valence-electron chi connectivity index (χ0n) is 13.9. The number of nitrogens with zero attached hydrogens (tertiary/aromatic N) is 1. The molecule has 1 atom stereocenters. The quantitative estimate of drug-likeness (QED) is 0.908. The predicted molar refractivity (Wildman–Crippen MR) is 92.2 cm³/mol. The van der Waals surface area contributed by atoms with Crippen LogP contribution in [-0.2, 0) is 14.8 Å². The molecule has 1 spiro atoms. The Morgan fingerprint density at radius 1 is 1.24 bits per heavy atom. The number of pyridine rings is 1. The summed E-state index contributed by atoms with van der Waals surface area (Å²) in [5, 5.41) is 0.474. The van der Waals surface area contributed by atoms with Crippen molar-refractivity contribution in [3.8, 4) is 0 Å². The molecular formula is C18H21FN2O3S. The maximum absolute atomic E-state index is 13.4. The zero-order chi connectivity index (χ0) is 17.5. The van der Waals surface area contributed by atoms with Gasteiger partial charge in [-0.05, 0) is 49.9 Å². The standard InChI is InChI=1S/C18H21FN2O3S/c19-14-3-4-17-13(9-14)10-16(12-20-17)25(22,23)21-15-5-8-24-18(11-15)6-1-2-7-18/h3-4,9-10,12,15,21H,1-2,5-8,11H2. The van der Waals surface area contributed by atoms with E-state index < -0.39 is 15.8 Å². The van der Waals surface area contributed by atoms with Gasteiger partial charge in [0.2, 0.25) is 10.0 Å². The van der Waals surface area contributed by atoms with E-state index >= 15 is 0 Å². The van der Waals surface area contributed by atoms with Crippen LogP contribution in [0, 0.1) is 5.82 Å². The van der Waals surface area contributed by atoms with Crippen LogP contribution in [0.4, 0.5) is 4.39 Å². The van der Waals surface area contributed by atoms with E-state index in [0.29, 0.717) is 30.4 Å². The van der Waals surface area contributed by atoms with Crippen molar-refractivity contribution in [2.75, 3.05) is 6.61 Å². The molecule has 2 heterocycles. The number of benzene rings is 1. The largest absolute Gasteiger partial charge is 0.375 e. The van der Waals surface area contributed by atoms with Gasteiger partial charge in [0.15, 0.2) is 0 Å². The summed E-state index contributed by atoms with van der Waals surface area (Å²) >= 11 is 0. The number of hydrogen-bond donors (Lipinski definition) is 1. The van der Waals surface area contributed by atoms with Crippen molar-refractivity contribution >= 4 is 20.9 Å². The second-order valence-electron chi connectivity index (χ2n) is 7.06. The fourth-order valence-electron chi connectivity index (χ4n) is 4.01. The highest BCUT2D eigenvalue weighted by Gasteiger charge is 2.41. The molecule has 4 rings (SSSR count). The molecule has 2 fully saturated rings. The van der Waals surface area contributed by atoms with Crippen molar-refractivity contribution in [1.82, 2.24) is 9.71 Å². The average molecular weight is 364 g/mol. The van der Waals surface area contributed by atoms with Gasteiger partial charge < -0.3 is 4.74 Å². The Morgan fingerprint density at radius 2 is 2.04 bits per heavy atom. The number of rotatable bonds is 3. The van der Waals surface area contributed by atoms with E-state index in [1.165, 1.54) is 30.5 Å². The molecule has 1 N–H and O–H groups in total. The molecule has 1 saturated heterocycles. The van der Waals surface area contributed by atoms with Gasteiger partial charge in [-0.25, -0.2) is 17.5 Å². The first-order valence-corrected chi connectivity index (χ1v) is 10.2. The van der Waals surface area contributed by atoms with Crippen molar-refractivity contribution in [3.63, 3.8) is 0 Å². The van der Waals surface area contributed by atoms with Crippen LogP contribution in [0.2, 0.25) is 0 Å². The van der Waals surface area contributed by atoms with Gasteiger partial charge >= 0.3 is 0 Å². The van der Waals surface area contributed by atoms with Crippen LogP contribution in [0.25, 0.3) is 10.9 Å². The Balaban J connectivity index is 1.57. The molecule has 0 amide bonds. The fourth-order valence-corrected chi connectivity index (χ4v) is 5.26. The van der Waals surface area contributed by atoms with Crippen LogP contribution in [0.3, 0.4) is 0 Å². The number of nitrogens with one attached hydrogen (secondary N) is 1. The minimum Gasteiger partial charge on any atom is -0.375 e. The van der Waals surface area contributed by atoms with E-state index in [-0.39, 0.29) is 16.5 Å². The van der Waals surface area contributed by atoms with Gasteiger partial charge in [0.25, 0.3) is 0 Å². The molecule has 1 saturated carbocycles. The van der Waals surface area contributed by atoms with Crippen molar-refractivity contribution in [3.05, 3.63) is 36.3 Å². The van der Waals surface area contributed by atoms with Crippen LogP contribution in [0.5, 0.6) is 0 Å². The predicted octanol–water partition coefficient (Wildman–Crippen LogP) is 3.14. The number of sulfonamides is 1. The van der Waals surface area contributed by atoms with Crippen molar-refractivity contribution in [2.24, 2.45) is 0 Å². The lowest BCUT2D eigenvalue weighted by atomic mass is 9.89. The summed E-state index contributed by atoms with van der Waals surface area (Å²) in [4.78, 5) is 4.21. The maximum Gasteiger partial charge on any atom is 0.242 e. The van der Waals surface area contributed by atoms with Gasteiger partial charge in [0, 0.05) is 24.2 Å². The van der Waals surface area contributed by atoms with E-state index in [4.69, 9.17) is 4.74 Å². The van der Waals surface area contributed by atoms with Crippen molar-refractivity contribution in [1.29, 1.82) is 0 Å². The van der Waals surface area contributed by atoms with Gasteiger partial charge in [-0.1, -0.05) is 12.8 Å². The summed E-state index contributed by atoms with van der Waals surface area (Å²) in [6, 6.07) is 5.48. The summed E-state index contributed by atoms with van der Waals surface area (Å²) in [6.45, 7) is 0.578. The molecule has 134 valence electrons. The molecule has 5 nitrogen and oxygen atoms in total. The Bertz CT molecular complexity index is 894. The molecule has 0 radical (unpaired) electrons. The lowest BCUT2D eigenvalue weighted by Gasteiger charge is -2.38. The van der Waals surface area contributed by atoms with Gasteiger partial charge in [-0.15, -0.1) is 0 Å². The van der Waals surface area contributed by atoms with Crippen LogP contribution < -0.4 is 4.72 Å². The van der Waals surface area contributed by atoms with Crippen molar-refractivity contribution in [2.45, 2.75) is 55.1 Å². The lowest BCUT2D eigenvalue weighted by molar-refractivity contribution is -0.0809. The summed E-state index contributed by atoms with van der Waals surface area (Å²) in [5.74, 6) is -0.413. The fraction of sp³-hybridized carbons (Fsp3) is 0.500. The smallest absolute Gasteiger partial charge is 0.242 e. The molecule has 1 aromatic carbocycles. The molecule has 2 aromatic rings. The Labute approximate surface area is 146 Å². The molecule has 1 aliphatic heterocycles. The van der Waals surface area contributed by atoms with Gasteiger partial charge in [-0.3, -0.25) is 4.98 Å². The number of fused-ring (bicyclic) bond motifs is 1. The second-order valence-corrected chi connectivity index (χ2v) is 8.77. The van der Waals surface area contributed by atoms with Crippen LogP contribution in [-0.4, -0.2) is 31.7 Å². The SMILES string of the molecule is O=S(=O)(NC1CCOC2(CCCC2)C1)c1cnc2ccc(F)cc2c1. The third-order valence-electron chi connectivity index (χ3n) is 5.26. The molecule has 7 heteroatoms. The first-order valence-electron chi connectivity index (χ1n) is 8.68. The molecule has 0 bridgehead atoms. The highest BCUT2D eigenvalue weighted by molar-refractivity contribution is 7.89. The van der Waals surface area contributed by atoms with Gasteiger partial charge in [0.05, 0.1) is 11.1 Å². The van der Waals surface area contributed by atoms with Crippen LogP contribution in [0.15, 0.2) is 35.4 Å². The molecular weight excluding hydrogens is 343 g/mol. The van der Waals surface area contributed by atoms with Crippen LogP contribution >= 0.6 is 0 Å². The summed E-state index contributed by atoms with van der Waals surface area (Å²) in [6.07, 6.45) is 6.98. The first kappa shape index (κ1) is 16.9. The Hall–Kier alpha value is -1.57. The van der Waals surface area contributed by atoms with Gasteiger partial charge in [0.1, 0.15) is 10.7 Å². The molecule has 1 aromatic heterocycles. The third-order valence-corrected chi connectivity index (χ3v) is 6.75. The third kappa shape index (κ3) is 3.41. The number of halogens is 1. The summed E-state index contributed by atoms with van der Waals surface area (Å²) in [7, 11) is -3.70. The summed E-state index contributed by atoms with van der Waals surface area (Å²) < 4.78 is 47.7.